The quantitative estimate of drug-likeness (QED) is 0.250. The summed E-state index contributed by atoms with van der Waals surface area (Å²) in [6, 6.07) is 15.8. The fraction of sp³-hybridized carbons (Fsp3) is 0.276. The Morgan fingerprint density at radius 3 is 2.60 bits per heavy atom. The lowest BCUT2D eigenvalue weighted by Gasteiger charge is -2.34. The maximum Gasteiger partial charge on any atom is 0.232 e. The van der Waals surface area contributed by atoms with Crippen molar-refractivity contribution in [2.45, 2.75) is 32.7 Å². The Labute approximate surface area is 238 Å². The van der Waals surface area contributed by atoms with Crippen LogP contribution in [0.2, 0.25) is 0 Å². The molecule has 40 heavy (non-hydrogen) atoms. The molecule has 1 unspecified atom stereocenters. The van der Waals surface area contributed by atoms with Crippen LogP contribution in [0.5, 0.6) is 11.6 Å². The van der Waals surface area contributed by atoms with Gasteiger partial charge in [-0.2, -0.15) is 10.2 Å². The summed E-state index contributed by atoms with van der Waals surface area (Å²) < 4.78 is 32.4. The minimum Gasteiger partial charge on any atom is -0.438 e. The van der Waals surface area contributed by atoms with Crippen molar-refractivity contribution in [3.63, 3.8) is 0 Å². The highest BCUT2D eigenvalue weighted by molar-refractivity contribution is 7.88. The van der Waals surface area contributed by atoms with Crippen LogP contribution in [-0.4, -0.2) is 43.8 Å². The standard InChI is InChI=1S/C29H30N6O3S2/c1-19-16-21(6-4-13-30)17-20(2)26(19)38-27-25-12-15-39-28(25)33-29(32-27)31-22-8-10-24(11-9-22)35-14-5-7-23(18-35)34-40(3,36)37/h4,6,8-12,15-17,23,34H,5,7,14,18H2,1-3H3,(H,31,32,33)/b6-4+. The van der Waals surface area contributed by atoms with Crippen molar-refractivity contribution in [3.05, 3.63) is 70.6 Å². The summed E-state index contributed by atoms with van der Waals surface area (Å²) in [6.07, 6.45) is 6.18. The van der Waals surface area contributed by atoms with E-state index in [1.165, 1.54) is 23.7 Å². The largest absolute Gasteiger partial charge is 0.438 e. The van der Waals surface area contributed by atoms with E-state index in [1.807, 2.05) is 67.8 Å². The maximum atomic E-state index is 11.7. The SMILES string of the molecule is Cc1cc(/C=C/C#N)cc(C)c1Oc1nc(Nc2ccc(N3CCCC(NS(C)(=O)=O)C3)cc2)nc2sccc12. The summed E-state index contributed by atoms with van der Waals surface area (Å²) in [4.78, 5) is 12.4. The van der Waals surface area contributed by atoms with Gasteiger partial charge in [-0.15, -0.1) is 11.3 Å². The van der Waals surface area contributed by atoms with Gasteiger partial charge in [0.05, 0.1) is 17.7 Å². The Kier molecular flexibility index (Phi) is 8.02. The Morgan fingerprint density at radius 2 is 1.90 bits per heavy atom. The van der Waals surface area contributed by atoms with Crippen molar-refractivity contribution in [1.82, 2.24) is 14.7 Å². The molecule has 5 rings (SSSR count). The van der Waals surface area contributed by atoms with Crippen LogP contribution in [0.1, 0.15) is 29.5 Å². The van der Waals surface area contributed by atoms with Crippen LogP contribution in [0, 0.1) is 25.2 Å². The third kappa shape index (κ3) is 6.59. The molecule has 0 radical (unpaired) electrons. The first-order chi connectivity index (χ1) is 19.2. The number of aromatic nitrogens is 2. The van der Waals surface area contributed by atoms with Gasteiger partial charge in [0, 0.05) is 36.6 Å². The zero-order valence-corrected chi connectivity index (χ0v) is 24.1. The molecule has 2 aromatic carbocycles. The molecule has 1 aliphatic heterocycles. The molecule has 1 aliphatic rings. The van der Waals surface area contributed by atoms with Crippen LogP contribution in [0.15, 0.2) is 53.9 Å². The van der Waals surface area contributed by atoms with E-state index in [0.717, 1.165) is 63.4 Å². The smallest absolute Gasteiger partial charge is 0.232 e. The van der Waals surface area contributed by atoms with Gasteiger partial charge in [0.2, 0.25) is 21.9 Å². The number of hydrogen-bond donors (Lipinski definition) is 2. The maximum absolute atomic E-state index is 11.7. The highest BCUT2D eigenvalue weighted by atomic mass is 32.2. The Balaban J connectivity index is 1.35. The number of hydrogen-bond acceptors (Lipinski definition) is 9. The van der Waals surface area contributed by atoms with Crippen molar-refractivity contribution in [2.24, 2.45) is 0 Å². The molecule has 1 atom stereocenters. The van der Waals surface area contributed by atoms with Gasteiger partial charge in [-0.1, -0.05) is 0 Å². The Bertz CT molecular complexity index is 1690. The number of anilines is 3. The molecule has 0 spiro atoms. The summed E-state index contributed by atoms with van der Waals surface area (Å²) >= 11 is 1.52. The van der Waals surface area contributed by atoms with E-state index in [1.54, 1.807) is 6.08 Å². The third-order valence-electron chi connectivity index (χ3n) is 6.61. The van der Waals surface area contributed by atoms with E-state index < -0.39 is 10.0 Å². The fourth-order valence-electron chi connectivity index (χ4n) is 4.93. The molecule has 2 N–H and O–H groups in total. The highest BCUT2D eigenvalue weighted by Crippen LogP contribution is 2.35. The molecular formula is C29H30N6O3S2. The number of benzene rings is 2. The van der Waals surface area contributed by atoms with Crippen LogP contribution >= 0.6 is 11.3 Å². The van der Waals surface area contributed by atoms with Gasteiger partial charge in [-0.3, -0.25) is 0 Å². The second-order valence-corrected chi connectivity index (χ2v) is 12.6. The molecule has 3 heterocycles. The first kappa shape index (κ1) is 27.6. The zero-order valence-electron chi connectivity index (χ0n) is 22.5. The van der Waals surface area contributed by atoms with Gasteiger partial charge in [-0.05, 0) is 97.3 Å². The van der Waals surface area contributed by atoms with Crippen LogP contribution in [0.3, 0.4) is 0 Å². The number of allylic oxidation sites excluding steroid dienone is 1. The van der Waals surface area contributed by atoms with E-state index in [2.05, 4.69) is 19.9 Å². The van der Waals surface area contributed by atoms with Gasteiger partial charge in [0.1, 0.15) is 10.6 Å². The number of thiophene rings is 1. The van der Waals surface area contributed by atoms with Crippen molar-refractivity contribution in [2.75, 3.05) is 29.6 Å². The Morgan fingerprint density at radius 1 is 1.15 bits per heavy atom. The Hall–Kier alpha value is -3.98. The second-order valence-electron chi connectivity index (χ2n) is 9.89. The van der Waals surface area contributed by atoms with Gasteiger partial charge in [0.15, 0.2) is 0 Å². The van der Waals surface area contributed by atoms with Gasteiger partial charge >= 0.3 is 0 Å². The van der Waals surface area contributed by atoms with E-state index in [9.17, 15) is 8.42 Å². The molecule has 0 aliphatic carbocycles. The number of sulfonamides is 1. The number of nitriles is 1. The molecule has 0 saturated carbocycles. The van der Waals surface area contributed by atoms with E-state index in [4.69, 9.17) is 15.0 Å². The molecule has 11 heteroatoms. The molecule has 4 aromatic rings. The molecular weight excluding hydrogens is 544 g/mol. The molecule has 9 nitrogen and oxygen atoms in total. The molecule has 1 fully saturated rings. The molecule has 2 aromatic heterocycles. The third-order valence-corrected chi connectivity index (χ3v) is 8.18. The zero-order chi connectivity index (χ0) is 28.3. The van der Waals surface area contributed by atoms with Gasteiger partial charge in [-0.25, -0.2) is 18.1 Å². The predicted molar refractivity (Wildman–Crippen MR) is 161 cm³/mol. The van der Waals surface area contributed by atoms with Gasteiger partial charge < -0.3 is 15.0 Å². The number of nitrogens with zero attached hydrogens (tertiary/aromatic N) is 4. The summed E-state index contributed by atoms with van der Waals surface area (Å²) in [5.41, 5.74) is 4.68. The second kappa shape index (κ2) is 11.6. The monoisotopic (exact) mass is 574 g/mol. The number of rotatable bonds is 8. The molecule has 0 bridgehead atoms. The summed E-state index contributed by atoms with van der Waals surface area (Å²) in [5.74, 6) is 1.62. The van der Waals surface area contributed by atoms with E-state index >= 15 is 0 Å². The average molecular weight is 575 g/mol. The van der Waals surface area contributed by atoms with E-state index in [0.29, 0.717) is 18.4 Å². The minimum atomic E-state index is -3.24. The van der Waals surface area contributed by atoms with Crippen molar-refractivity contribution >= 4 is 55.0 Å². The van der Waals surface area contributed by atoms with Crippen LogP contribution in [0.25, 0.3) is 16.3 Å². The van der Waals surface area contributed by atoms with Gasteiger partial charge in [0.25, 0.3) is 0 Å². The van der Waals surface area contributed by atoms with Crippen LogP contribution in [-0.2, 0) is 10.0 Å². The summed E-state index contributed by atoms with van der Waals surface area (Å²) in [6.45, 7) is 5.45. The van der Waals surface area contributed by atoms with Crippen molar-refractivity contribution < 1.29 is 13.2 Å². The molecule has 0 amide bonds. The normalized spacial score (nSPS) is 15.8. The number of ether oxygens (including phenoxy) is 1. The summed E-state index contributed by atoms with van der Waals surface area (Å²) in [5, 5.41) is 14.9. The fourth-order valence-corrected chi connectivity index (χ4v) is 6.48. The minimum absolute atomic E-state index is 0.0941. The number of fused-ring (bicyclic) bond motifs is 1. The van der Waals surface area contributed by atoms with E-state index in [-0.39, 0.29) is 6.04 Å². The lowest BCUT2D eigenvalue weighted by Crippen LogP contribution is -2.47. The first-order valence-corrected chi connectivity index (χ1v) is 15.7. The number of nitrogens with one attached hydrogen (secondary N) is 2. The lowest BCUT2D eigenvalue weighted by atomic mass is 10.1. The van der Waals surface area contributed by atoms with Crippen LogP contribution in [0.4, 0.5) is 17.3 Å². The van der Waals surface area contributed by atoms with Crippen molar-refractivity contribution in [1.29, 1.82) is 5.26 Å². The predicted octanol–water partition coefficient (Wildman–Crippen LogP) is 5.90. The summed E-state index contributed by atoms with van der Waals surface area (Å²) in [7, 11) is -3.24. The molecule has 1 saturated heterocycles. The molecule has 206 valence electrons. The first-order valence-electron chi connectivity index (χ1n) is 12.9. The van der Waals surface area contributed by atoms with Crippen LogP contribution < -0.4 is 19.7 Å². The van der Waals surface area contributed by atoms with Crippen molar-refractivity contribution in [3.8, 4) is 17.7 Å². The number of piperidine rings is 1. The highest BCUT2D eigenvalue weighted by Gasteiger charge is 2.22. The topological polar surface area (TPSA) is 120 Å². The lowest BCUT2D eigenvalue weighted by molar-refractivity contribution is 0.462. The number of aryl methyl sites for hydroxylation is 2. The average Bonchev–Trinajstić information content (AvgIpc) is 3.38.